The van der Waals surface area contributed by atoms with Crippen LogP contribution in [0.15, 0.2) is 43.8 Å². The lowest BCUT2D eigenvalue weighted by molar-refractivity contribution is -0.120. The van der Waals surface area contributed by atoms with E-state index in [2.05, 4.69) is 20.4 Å². The van der Waals surface area contributed by atoms with Gasteiger partial charge in [0.2, 0.25) is 17.6 Å². The summed E-state index contributed by atoms with van der Waals surface area (Å²) < 4.78 is 5.13. The summed E-state index contributed by atoms with van der Waals surface area (Å²) in [7, 11) is 1.58. The molecule has 1 amide bonds. The number of aldehydes is 1. The molecule has 1 aliphatic rings. The van der Waals surface area contributed by atoms with E-state index in [-0.39, 0.29) is 18.7 Å². The lowest BCUT2D eigenvalue weighted by Gasteiger charge is -2.12. The van der Waals surface area contributed by atoms with E-state index in [1.165, 1.54) is 11.8 Å². The van der Waals surface area contributed by atoms with E-state index in [1.54, 1.807) is 26.1 Å². The van der Waals surface area contributed by atoms with Crippen molar-refractivity contribution in [3.8, 4) is 0 Å². The molecule has 0 fully saturated rings. The van der Waals surface area contributed by atoms with Crippen LogP contribution < -0.4 is 5.32 Å². The van der Waals surface area contributed by atoms with Gasteiger partial charge in [0.25, 0.3) is 0 Å². The second kappa shape index (κ2) is 9.83. The number of aromatic nitrogens is 2. The molecule has 8 nitrogen and oxygen atoms in total. The van der Waals surface area contributed by atoms with Gasteiger partial charge in [0.15, 0.2) is 0 Å². The van der Waals surface area contributed by atoms with Crippen LogP contribution in [0.2, 0.25) is 0 Å². The molecule has 1 aromatic heterocycles. The fourth-order valence-corrected chi connectivity index (χ4v) is 2.80. The topological polar surface area (TPSA) is 118 Å². The fourth-order valence-electron chi connectivity index (χ4n) is 2.02. The van der Waals surface area contributed by atoms with Gasteiger partial charge in [-0.15, -0.1) is 0 Å². The summed E-state index contributed by atoms with van der Waals surface area (Å²) in [5.41, 5.74) is 1.02. The minimum absolute atomic E-state index is 0.143. The number of thioether (sulfide) groups is 1. The maximum absolute atomic E-state index is 12.1. The van der Waals surface area contributed by atoms with Gasteiger partial charge in [0.05, 0.1) is 11.1 Å². The fraction of sp³-hybridized carbons (Fsp3) is 0.353. The summed E-state index contributed by atoms with van der Waals surface area (Å²) in [6.07, 6.45) is 6.08. The van der Waals surface area contributed by atoms with Crippen LogP contribution in [-0.2, 0) is 16.0 Å². The van der Waals surface area contributed by atoms with Crippen LogP contribution in [0.1, 0.15) is 31.5 Å². The molecule has 2 rings (SSSR count). The maximum Gasteiger partial charge on any atom is 0.227 e. The van der Waals surface area contributed by atoms with Gasteiger partial charge >= 0.3 is 0 Å². The molecule has 0 aromatic carbocycles. The third-order valence-electron chi connectivity index (χ3n) is 3.34. The molecule has 2 N–H and O–H groups in total. The number of aliphatic imine (C=N–C) groups is 1. The summed E-state index contributed by atoms with van der Waals surface area (Å²) in [6.45, 7) is 1.62. The Kier molecular flexibility index (Phi) is 7.49. The van der Waals surface area contributed by atoms with Crippen molar-refractivity contribution in [3.63, 3.8) is 0 Å². The van der Waals surface area contributed by atoms with E-state index < -0.39 is 6.10 Å². The number of nitrogens with one attached hydrogen (secondary N) is 1. The zero-order chi connectivity index (χ0) is 18.9. The van der Waals surface area contributed by atoms with Gasteiger partial charge in [-0.1, -0.05) is 29.1 Å². The molecular weight excluding hydrogens is 356 g/mol. The quantitative estimate of drug-likeness (QED) is 0.522. The highest BCUT2D eigenvalue weighted by Crippen LogP contribution is 2.25. The molecule has 26 heavy (non-hydrogen) atoms. The Morgan fingerprint density at radius 3 is 3.08 bits per heavy atom. The van der Waals surface area contributed by atoms with Crippen molar-refractivity contribution in [2.75, 3.05) is 7.05 Å². The Morgan fingerprint density at radius 2 is 2.38 bits per heavy atom. The van der Waals surface area contributed by atoms with Crippen molar-refractivity contribution >= 4 is 29.7 Å². The molecule has 138 valence electrons. The molecule has 2 heterocycles. The Bertz CT molecular complexity index is 777. The highest BCUT2D eigenvalue weighted by Gasteiger charge is 2.15. The number of aryl methyl sites for hydroxylation is 1. The van der Waals surface area contributed by atoms with Gasteiger partial charge in [-0.25, -0.2) is 0 Å². The number of amides is 1. The first-order chi connectivity index (χ1) is 12.5. The third-order valence-corrected chi connectivity index (χ3v) is 4.27. The standard InChI is InChI=1S/C17H20N4O4S/c1-11(23)5-6-13(18-2)16-20-15(25-21-16)8-7-14(24)19-17-12(10-22)4-3-9-26-17/h3,5-6,9-11,23H,4,7-8H2,1-2H3,(H,19,24)/b6-5-,18-13?. The molecule has 1 aromatic rings. The average Bonchev–Trinajstić information content (AvgIpc) is 3.09. The zero-order valence-electron chi connectivity index (χ0n) is 14.5. The number of nitrogens with zero attached hydrogens (tertiary/aromatic N) is 3. The predicted molar refractivity (Wildman–Crippen MR) is 98.5 cm³/mol. The SMILES string of the molecule is CN=C(/C=C\C(C)O)c1noc(CCC(=O)NC2=C(C=O)CC=CS2)n1. The Balaban J connectivity index is 1.92. The van der Waals surface area contributed by atoms with E-state index in [4.69, 9.17) is 4.52 Å². The predicted octanol–water partition coefficient (Wildman–Crippen LogP) is 1.54. The van der Waals surface area contributed by atoms with E-state index in [0.717, 1.165) is 6.29 Å². The molecule has 0 saturated heterocycles. The lowest BCUT2D eigenvalue weighted by Crippen LogP contribution is -2.23. The summed E-state index contributed by atoms with van der Waals surface area (Å²) in [6, 6.07) is 0. The van der Waals surface area contributed by atoms with E-state index in [9.17, 15) is 14.7 Å². The zero-order valence-corrected chi connectivity index (χ0v) is 15.3. The number of hydrogen-bond donors (Lipinski definition) is 2. The summed E-state index contributed by atoms with van der Waals surface area (Å²) in [5, 5.41) is 18.2. The summed E-state index contributed by atoms with van der Waals surface area (Å²) >= 11 is 1.31. The molecule has 1 aliphatic heterocycles. The Morgan fingerprint density at radius 1 is 1.58 bits per heavy atom. The number of rotatable bonds is 8. The Hall–Kier alpha value is -2.52. The van der Waals surface area contributed by atoms with Crippen LogP contribution in [0.4, 0.5) is 0 Å². The van der Waals surface area contributed by atoms with Crippen molar-refractivity contribution < 1.29 is 19.2 Å². The molecular formula is C17H20N4O4S. The second-order valence-electron chi connectivity index (χ2n) is 5.43. The second-order valence-corrected chi connectivity index (χ2v) is 6.35. The van der Waals surface area contributed by atoms with Crippen LogP contribution >= 0.6 is 11.8 Å². The van der Waals surface area contributed by atoms with Crippen LogP contribution in [0.3, 0.4) is 0 Å². The van der Waals surface area contributed by atoms with E-state index in [1.807, 2.05) is 11.5 Å². The molecule has 0 saturated carbocycles. The first kappa shape index (κ1) is 19.8. The van der Waals surface area contributed by atoms with Crippen LogP contribution in [0.5, 0.6) is 0 Å². The number of carbonyl (C=O) groups is 2. The first-order valence-corrected chi connectivity index (χ1v) is 8.87. The van der Waals surface area contributed by atoms with Gasteiger partial charge in [0.1, 0.15) is 12.0 Å². The summed E-state index contributed by atoms with van der Waals surface area (Å²) in [4.78, 5) is 31.3. The number of carbonyl (C=O) groups excluding carboxylic acids is 2. The highest BCUT2D eigenvalue weighted by molar-refractivity contribution is 8.05. The monoisotopic (exact) mass is 376 g/mol. The van der Waals surface area contributed by atoms with E-state index >= 15 is 0 Å². The first-order valence-electron chi connectivity index (χ1n) is 7.99. The van der Waals surface area contributed by atoms with Crippen molar-refractivity contribution in [3.05, 3.63) is 46.0 Å². The largest absolute Gasteiger partial charge is 0.389 e. The Labute approximate surface area is 155 Å². The van der Waals surface area contributed by atoms with Crippen molar-refractivity contribution in [2.45, 2.75) is 32.3 Å². The van der Waals surface area contributed by atoms with Crippen molar-refractivity contribution in [2.24, 2.45) is 4.99 Å². The molecule has 0 aliphatic carbocycles. The van der Waals surface area contributed by atoms with Gasteiger partial charge in [-0.05, 0) is 24.8 Å². The van der Waals surface area contributed by atoms with E-state index in [0.29, 0.717) is 34.4 Å². The smallest absolute Gasteiger partial charge is 0.227 e. The molecule has 0 radical (unpaired) electrons. The van der Waals surface area contributed by atoms with Crippen LogP contribution in [0.25, 0.3) is 0 Å². The molecule has 1 unspecified atom stereocenters. The maximum atomic E-state index is 12.1. The van der Waals surface area contributed by atoms with Gasteiger partial charge in [0, 0.05) is 25.5 Å². The third kappa shape index (κ3) is 5.78. The van der Waals surface area contributed by atoms with Crippen LogP contribution in [-0.4, -0.2) is 46.3 Å². The van der Waals surface area contributed by atoms with Gasteiger partial charge in [-0.3, -0.25) is 14.6 Å². The average molecular weight is 376 g/mol. The molecule has 0 spiro atoms. The minimum Gasteiger partial charge on any atom is -0.389 e. The van der Waals surface area contributed by atoms with Gasteiger partial charge < -0.3 is 14.9 Å². The molecule has 1 atom stereocenters. The van der Waals surface area contributed by atoms with Crippen molar-refractivity contribution in [1.82, 2.24) is 15.5 Å². The minimum atomic E-state index is -0.611. The number of aliphatic hydroxyl groups excluding tert-OH is 1. The number of allylic oxidation sites excluding steroid dienone is 3. The molecule has 9 heteroatoms. The van der Waals surface area contributed by atoms with Gasteiger partial charge in [-0.2, -0.15) is 4.98 Å². The normalized spacial score (nSPS) is 16.2. The van der Waals surface area contributed by atoms with Crippen LogP contribution in [0, 0.1) is 0 Å². The number of aliphatic hydroxyl groups is 1. The lowest BCUT2D eigenvalue weighted by atomic mass is 10.2. The highest BCUT2D eigenvalue weighted by atomic mass is 32.2. The molecule has 0 bridgehead atoms. The summed E-state index contributed by atoms with van der Waals surface area (Å²) in [5.74, 6) is 0.363. The van der Waals surface area contributed by atoms with Crippen molar-refractivity contribution in [1.29, 1.82) is 0 Å². The number of hydrogen-bond acceptors (Lipinski definition) is 8.